The molecule has 1 aromatic carbocycles. The topological polar surface area (TPSA) is 61.4 Å². The van der Waals surface area contributed by atoms with Crippen LogP contribution in [0, 0.1) is 0 Å². The number of carbonyl (C=O) groups is 2. The van der Waals surface area contributed by atoms with Gasteiger partial charge in [-0.3, -0.25) is 9.59 Å². The number of nitrogens with zero attached hydrogens (tertiary/aromatic N) is 1. The molecule has 0 saturated carbocycles. The van der Waals surface area contributed by atoms with Gasteiger partial charge in [0.25, 0.3) is 5.91 Å². The first-order valence-corrected chi connectivity index (χ1v) is 7.01. The van der Waals surface area contributed by atoms with E-state index in [4.69, 9.17) is 11.6 Å². The van der Waals surface area contributed by atoms with Crippen LogP contribution in [0.1, 0.15) is 17.3 Å². The predicted octanol–water partition coefficient (Wildman–Crippen LogP) is 0.890. The summed E-state index contributed by atoms with van der Waals surface area (Å²) in [6.45, 7) is 4.66. The molecule has 0 aromatic heterocycles. The lowest BCUT2D eigenvalue weighted by atomic mass is 10.2. The molecule has 20 heavy (non-hydrogen) atoms. The Morgan fingerprint density at radius 2 is 1.85 bits per heavy atom. The third-order valence-electron chi connectivity index (χ3n) is 3.25. The van der Waals surface area contributed by atoms with Gasteiger partial charge in [0.1, 0.15) is 6.04 Å². The van der Waals surface area contributed by atoms with Crippen LogP contribution in [0.3, 0.4) is 0 Å². The first kappa shape index (κ1) is 14.8. The largest absolute Gasteiger partial charge is 0.341 e. The fraction of sp³-hybridized carbons (Fsp3) is 0.429. The molecule has 1 aliphatic rings. The summed E-state index contributed by atoms with van der Waals surface area (Å²) in [4.78, 5) is 26.0. The minimum Gasteiger partial charge on any atom is -0.341 e. The Hall–Kier alpha value is -1.59. The van der Waals surface area contributed by atoms with Crippen molar-refractivity contribution in [2.45, 2.75) is 13.0 Å². The summed E-state index contributed by atoms with van der Waals surface area (Å²) < 4.78 is 0. The molecule has 1 aliphatic heterocycles. The van der Waals surface area contributed by atoms with Crippen molar-refractivity contribution in [2.24, 2.45) is 0 Å². The van der Waals surface area contributed by atoms with Gasteiger partial charge in [0.05, 0.1) is 0 Å². The van der Waals surface area contributed by atoms with Crippen molar-refractivity contribution in [3.05, 3.63) is 34.9 Å². The van der Waals surface area contributed by atoms with Crippen LogP contribution in [0.4, 0.5) is 0 Å². The van der Waals surface area contributed by atoms with Crippen molar-refractivity contribution < 1.29 is 9.59 Å². The third kappa shape index (κ3) is 3.71. The summed E-state index contributed by atoms with van der Waals surface area (Å²) >= 11 is 5.78. The molecule has 1 fully saturated rings. The lowest BCUT2D eigenvalue weighted by Gasteiger charge is -2.30. The average molecular weight is 296 g/mol. The molecule has 6 heteroatoms. The van der Waals surface area contributed by atoms with E-state index in [2.05, 4.69) is 10.6 Å². The summed E-state index contributed by atoms with van der Waals surface area (Å²) in [5.41, 5.74) is 0.495. The lowest BCUT2D eigenvalue weighted by Crippen LogP contribution is -2.53. The van der Waals surface area contributed by atoms with Gasteiger partial charge in [-0.2, -0.15) is 0 Å². The molecular formula is C14H18ClN3O2. The number of hydrogen-bond acceptors (Lipinski definition) is 3. The Balaban J connectivity index is 1.92. The summed E-state index contributed by atoms with van der Waals surface area (Å²) in [6.07, 6.45) is 0. The monoisotopic (exact) mass is 295 g/mol. The quantitative estimate of drug-likeness (QED) is 0.871. The molecule has 108 valence electrons. The van der Waals surface area contributed by atoms with Crippen LogP contribution in [0.25, 0.3) is 0 Å². The number of rotatable bonds is 3. The smallest absolute Gasteiger partial charge is 0.251 e. The van der Waals surface area contributed by atoms with E-state index >= 15 is 0 Å². The average Bonchev–Trinajstić information content (AvgIpc) is 2.48. The second-order valence-corrected chi connectivity index (χ2v) is 5.21. The highest BCUT2D eigenvalue weighted by atomic mass is 35.5. The second kappa shape index (κ2) is 6.72. The number of benzene rings is 1. The minimum absolute atomic E-state index is 0.0474. The standard InChI is InChI=1S/C14H18ClN3O2/c1-10(14(20)18-8-6-16-7-9-18)17-13(19)11-2-4-12(15)5-3-11/h2-5,10,16H,6-9H2,1H3,(H,17,19). The maximum atomic E-state index is 12.2. The number of carbonyl (C=O) groups excluding carboxylic acids is 2. The van der Waals surface area contributed by atoms with Gasteiger partial charge in [-0.15, -0.1) is 0 Å². The number of amides is 2. The van der Waals surface area contributed by atoms with Crippen LogP contribution in [-0.2, 0) is 4.79 Å². The van der Waals surface area contributed by atoms with Gasteiger partial charge in [0.15, 0.2) is 0 Å². The van der Waals surface area contributed by atoms with E-state index in [1.54, 1.807) is 36.1 Å². The number of piperazine rings is 1. The number of halogens is 1. The molecule has 1 atom stereocenters. The third-order valence-corrected chi connectivity index (χ3v) is 3.51. The van der Waals surface area contributed by atoms with Gasteiger partial charge < -0.3 is 15.5 Å². The molecule has 0 aliphatic carbocycles. The van der Waals surface area contributed by atoms with E-state index in [0.29, 0.717) is 23.7 Å². The minimum atomic E-state index is -0.531. The van der Waals surface area contributed by atoms with Crippen LogP contribution in [0.15, 0.2) is 24.3 Å². The van der Waals surface area contributed by atoms with Crippen LogP contribution in [-0.4, -0.2) is 48.9 Å². The molecule has 1 saturated heterocycles. The van der Waals surface area contributed by atoms with Crippen molar-refractivity contribution in [3.8, 4) is 0 Å². The van der Waals surface area contributed by atoms with Crippen LogP contribution >= 0.6 is 11.6 Å². The molecule has 1 unspecified atom stereocenters. The molecular weight excluding hydrogens is 278 g/mol. The number of nitrogens with one attached hydrogen (secondary N) is 2. The molecule has 1 aromatic rings. The second-order valence-electron chi connectivity index (χ2n) is 4.78. The molecule has 2 rings (SSSR count). The molecule has 5 nitrogen and oxygen atoms in total. The van der Waals surface area contributed by atoms with Gasteiger partial charge >= 0.3 is 0 Å². The van der Waals surface area contributed by atoms with Gasteiger partial charge in [-0.25, -0.2) is 0 Å². The zero-order valence-electron chi connectivity index (χ0n) is 11.4. The van der Waals surface area contributed by atoms with E-state index in [9.17, 15) is 9.59 Å². The van der Waals surface area contributed by atoms with Crippen molar-refractivity contribution in [1.29, 1.82) is 0 Å². The molecule has 0 radical (unpaired) electrons. The van der Waals surface area contributed by atoms with Gasteiger partial charge in [0, 0.05) is 36.8 Å². The highest BCUT2D eigenvalue weighted by Crippen LogP contribution is 2.09. The first-order valence-electron chi connectivity index (χ1n) is 6.64. The zero-order valence-corrected chi connectivity index (χ0v) is 12.1. The maximum Gasteiger partial charge on any atom is 0.251 e. The fourth-order valence-corrected chi connectivity index (χ4v) is 2.23. The molecule has 2 amide bonds. The summed E-state index contributed by atoms with van der Waals surface area (Å²) in [5.74, 6) is -0.313. The Morgan fingerprint density at radius 1 is 1.25 bits per heavy atom. The van der Waals surface area contributed by atoms with Crippen LogP contribution < -0.4 is 10.6 Å². The van der Waals surface area contributed by atoms with Gasteiger partial charge in [0.2, 0.25) is 5.91 Å². The van der Waals surface area contributed by atoms with Crippen molar-refractivity contribution in [1.82, 2.24) is 15.5 Å². The lowest BCUT2D eigenvalue weighted by molar-refractivity contribution is -0.133. The summed E-state index contributed by atoms with van der Waals surface area (Å²) in [7, 11) is 0. The zero-order chi connectivity index (χ0) is 14.5. The van der Waals surface area contributed by atoms with E-state index in [-0.39, 0.29) is 11.8 Å². The Morgan fingerprint density at radius 3 is 2.45 bits per heavy atom. The van der Waals surface area contributed by atoms with Gasteiger partial charge in [-0.1, -0.05) is 11.6 Å². The number of hydrogen-bond donors (Lipinski definition) is 2. The van der Waals surface area contributed by atoms with Crippen LogP contribution in [0.5, 0.6) is 0 Å². The normalized spacial score (nSPS) is 16.6. The summed E-state index contributed by atoms with van der Waals surface area (Å²) in [6, 6.07) is 6.05. The SMILES string of the molecule is CC(NC(=O)c1ccc(Cl)cc1)C(=O)N1CCNCC1. The maximum absolute atomic E-state index is 12.2. The molecule has 1 heterocycles. The van der Waals surface area contributed by atoms with Crippen molar-refractivity contribution in [2.75, 3.05) is 26.2 Å². The molecule has 0 spiro atoms. The van der Waals surface area contributed by atoms with Crippen molar-refractivity contribution >= 4 is 23.4 Å². The highest BCUT2D eigenvalue weighted by Gasteiger charge is 2.23. The van der Waals surface area contributed by atoms with E-state index < -0.39 is 6.04 Å². The van der Waals surface area contributed by atoms with E-state index in [1.165, 1.54) is 0 Å². The van der Waals surface area contributed by atoms with Crippen molar-refractivity contribution in [3.63, 3.8) is 0 Å². The van der Waals surface area contributed by atoms with E-state index in [0.717, 1.165) is 13.1 Å². The first-order chi connectivity index (χ1) is 9.58. The molecule has 2 N–H and O–H groups in total. The van der Waals surface area contributed by atoms with Crippen LogP contribution in [0.2, 0.25) is 5.02 Å². The fourth-order valence-electron chi connectivity index (χ4n) is 2.10. The molecule has 0 bridgehead atoms. The van der Waals surface area contributed by atoms with Gasteiger partial charge in [-0.05, 0) is 31.2 Å². The van der Waals surface area contributed by atoms with E-state index in [1.807, 2.05) is 0 Å². The Bertz CT molecular complexity index is 484. The Kier molecular flexibility index (Phi) is 4.98. The Labute approximate surface area is 123 Å². The highest BCUT2D eigenvalue weighted by molar-refractivity contribution is 6.30. The summed E-state index contributed by atoms with van der Waals surface area (Å²) in [5, 5.41) is 6.48. The predicted molar refractivity (Wildman–Crippen MR) is 77.8 cm³/mol.